The topological polar surface area (TPSA) is 43.8 Å². The molecule has 0 aromatic rings. The van der Waals surface area contributed by atoms with E-state index in [9.17, 15) is 4.79 Å². The van der Waals surface area contributed by atoms with Gasteiger partial charge in [-0.05, 0) is 52.0 Å². The summed E-state index contributed by atoms with van der Waals surface area (Å²) in [5.74, 6) is -0.644. The summed E-state index contributed by atoms with van der Waals surface area (Å²) in [6, 6.07) is 2.76. The largest absolute Gasteiger partial charge is 0.481 e. The van der Waals surface area contributed by atoms with Crippen LogP contribution in [0.2, 0.25) is 0 Å². The molecule has 0 spiro atoms. The lowest BCUT2D eigenvalue weighted by Crippen LogP contribution is -2.47. The number of likely N-dealkylation sites (tertiary alicyclic amines) is 2. The van der Waals surface area contributed by atoms with Crippen LogP contribution in [0.1, 0.15) is 58.3 Å². The van der Waals surface area contributed by atoms with Crippen molar-refractivity contribution in [2.75, 3.05) is 13.1 Å². The van der Waals surface area contributed by atoms with Gasteiger partial charge in [-0.3, -0.25) is 14.6 Å². The van der Waals surface area contributed by atoms with Gasteiger partial charge >= 0.3 is 5.97 Å². The van der Waals surface area contributed by atoms with Crippen molar-refractivity contribution < 1.29 is 9.90 Å². The molecule has 3 aliphatic rings. The summed E-state index contributed by atoms with van der Waals surface area (Å²) in [5, 5.41) is 8.93. The fraction of sp³-hybridized carbons (Fsp3) is 0.938. The van der Waals surface area contributed by atoms with Gasteiger partial charge in [0.15, 0.2) is 0 Å². The molecule has 20 heavy (non-hydrogen) atoms. The molecule has 4 heteroatoms. The lowest BCUT2D eigenvalue weighted by molar-refractivity contribution is -0.137. The predicted octanol–water partition coefficient (Wildman–Crippen LogP) is 2.33. The van der Waals surface area contributed by atoms with E-state index in [-0.39, 0.29) is 0 Å². The van der Waals surface area contributed by atoms with Crippen LogP contribution in [0.4, 0.5) is 0 Å². The van der Waals surface area contributed by atoms with Gasteiger partial charge in [-0.1, -0.05) is 6.42 Å². The summed E-state index contributed by atoms with van der Waals surface area (Å²) in [4.78, 5) is 16.2. The first-order chi connectivity index (χ1) is 9.65. The first-order valence-electron chi connectivity index (χ1n) is 8.38. The van der Waals surface area contributed by atoms with Crippen LogP contribution in [-0.2, 0) is 4.79 Å². The summed E-state index contributed by atoms with van der Waals surface area (Å²) in [5.41, 5.74) is 0. The minimum absolute atomic E-state index is 0.329. The Hall–Kier alpha value is -0.610. The summed E-state index contributed by atoms with van der Waals surface area (Å²) in [6.07, 6.45) is 8.98. The maximum Gasteiger partial charge on any atom is 0.303 e. The number of aliphatic carboxylic acids is 1. The third-order valence-corrected chi connectivity index (χ3v) is 5.45. The van der Waals surface area contributed by atoms with E-state index in [2.05, 4.69) is 16.7 Å². The fourth-order valence-electron chi connectivity index (χ4n) is 4.29. The standard InChI is InChI=1S/C16H28N2O2/c1-12-10-15(11-18(12)14-5-6-14)17-9-3-2-4-13(17)7-8-16(19)20/h12-15H,2-11H2,1H3,(H,19,20). The number of carboxylic acid groups (broad SMARTS) is 1. The Bertz CT molecular complexity index is 356. The quantitative estimate of drug-likeness (QED) is 0.839. The second-order valence-electron chi connectivity index (χ2n) is 6.99. The van der Waals surface area contributed by atoms with Crippen molar-refractivity contribution in [1.82, 2.24) is 9.80 Å². The van der Waals surface area contributed by atoms with Crippen LogP contribution in [-0.4, -0.2) is 58.1 Å². The van der Waals surface area contributed by atoms with Crippen molar-refractivity contribution in [2.45, 2.75) is 82.5 Å². The maximum absolute atomic E-state index is 10.8. The molecule has 1 aliphatic carbocycles. The smallest absolute Gasteiger partial charge is 0.303 e. The lowest BCUT2D eigenvalue weighted by atomic mass is 9.95. The molecule has 3 unspecified atom stereocenters. The zero-order chi connectivity index (χ0) is 14.1. The Labute approximate surface area is 122 Å². The van der Waals surface area contributed by atoms with Gasteiger partial charge in [-0.15, -0.1) is 0 Å². The van der Waals surface area contributed by atoms with E-state index < -0.39 is 5.97 Å². The van der Waals surface area contributed by atoms with E-state index >= 15 is 0 Å². The number of hydrogen-bond acceptors (Lipinski definition) is 3. The lowest BCUT2D eigenvalue weighted by Gasteiger charge is -2.40. The minimum Gasteiger partial charge on any atom is -0.481 e. The Kier molecular flexibility index (Phi) is 4.32. The van der Waals surface area contributed by atoms with E-state index in [1.54, 1.807) is 0 Å². The molecule has 3 rings (SSSR count). The molecular weight excluding hydrogens is 252 g/mol. The predicted molar refractivity (Wildman–Crippen MR) is 78.8 cm³/mol. The molecule has 1 N–H and O–H groups in total. The molecule has 2 heterocycles. The highest BCUT2D eigenvalue weighted by Gasteiger charge is 2.42. The highest BCUT2D eigenvalue weighted by molar-refractivity contribution is 5.66. The van der Waals surface area contributed by atoms with Crippen molar-refractivity contribution in [3.05, 3.63) is 0 Å². The number of piperidine rings is 1. The third kappa shape index (κ3) is 3.17. The molecule has 0 radical (unpaired) electrons. The molecule has 114 valence electrons. The van der Waals surface area contributed by atoms with E-state index in [4.69, 9.17) is 5.11 Å². The monoisotopic (exact) mass is 280 g/mol. The molecule has 2 aliphatic heterocycles. The minimum atomic E-state index is -0.644. The van der Waals surface area contributed by atoms with Gasteiger partial charge in [0.05, 0.1) is 0 Å². The van der Waals surface area contributed by atoms with Crippen molar-refractivity contribution in [1.29, 1.82) is 0 Å². The van der Waals surface area contributed by atoms with Crippen molar-refractivity contribution in [3.8, 4) is 0 Å². The average molecular weight is 280 g/mol. The van der Waals surface area contributed by atoms with Crippen LogP contribution in [0.25, 0.3) is 0 Å². The summed E-state index contributed by atoms with van der Waals surface area (Å²) in [7, 11) is 0. The highest BCUT2D eigenvalue weighted by Crippen LogP contribution is 2.36. The van der Waals surface area contributed by atoms with E-state index in [1.807, 2.05) is 0 Å². The zero-order valence-corrected chi connectivity index (χ0v) is 12.6. The molecule has 0 bridgehead atoms. The van der Waals surface area contributed by atoms with Gasteiger partial charge in [-0.25, -0.2) is 0 Å². The third-order valence-electron chi connectivity index (χ3n) is 5.45. The van der Waals surface area contributed by atoms with Crippen LogP contribution in [0.3, 0.4) is 0 Å². The van der Waals surface area contributed by atoms with Gasteiger partial charge in [-0.2, -0.15) is 0 Å². The Morgan fingerprint density at radius 1 is 1.15 bits per heavy atom. The maximum atomic E-state index is 10.8. The Morgan fingerprint density at radius 3 is 2.65 bits per heavy atom. The molecule has 2 saturated heterocycles. The van der Waals surface area contributed by atoms with Crippen molar-refractivity contribution >= 4 is 5.97 Å². The van der Waals surface area contributed by atoms with Gasteiger partial charge in [0.1, 0.15) is 0 Å². The second kappa shape index (κ2) is 6.02. The van der Waals surface area contributed by atoms with Gasteiger partial charge in [0.25, 0.3) is 0 Å². The van der Waals surface area contributed by atoms with Gasteiger partial charge in [0.2, 0.25) is 0 Å². The van der Waals surface area contributed by atoms with Crippen molar-refractivity contribution in [2.24, 2.45) is 0 Å². The van der Waals surface area contributed by atoms with Crippen LogP contribution >= 0.6 is 0 Å². The van der Waals surface area contributed by atoms with Crippen LogP contribution in [0, 0.1) is 0 Å². The Morgan fingerprint density at radius 2 is 1.95 bits per heavy atom. The number of nitrogens with zero attached hydrogens (tertiary/aromatic N) is 2. The van der Waals surface area contributed by atoms with Crippen LogP contribution < -0.4 is 0 Å². The molecule has 3 fully saturated rings. The molecule has 4 nitrogen and oxygen atoms in total. The van der Waals surface area contributed by atoms with Crippen LogP contribution in [0.15, 0.2) is 0 Å². The Balaban J connectivity index is 1.59. The molecule has 3 atom stereocenters. The molecular formula is C16H28N2O2. The highest BCUT2D eigenvalue weighted by atomic mass is 16.4. The normalized spacial score (nSPS) is 36.4. The molecule has 1 saturated carbocycles. The number of rotatable bonds is 5. The average Bonchev–Trinajstić information content (AvgIpc) is 3.20. The van der Waals surface area contributed by atoms with Gasteiger partial charge in [0, 0.05) is 37.1 Å². The van der Waals surface area contributed by atoms with Crippen molar-refractivity contribution in [3.63, 3.8) is 0 Å². The van der Waals surface area contributed by atoms with Gasteiger partial charge < -0.3 is 5.11 Å². The van der Waals surface area contributed by atoms with Crippen LogP contribution in [0.5, 0.6) is 0 Å². The summed E-state index contributed by atoms with van der Waals surface area (Å²) >= 11 is 0. The summed E-state index contributed by atoms with van der Waals surface area (Å²) < 4.78 is 0. The van der Waals surface area contributed by atoms with E-state index in [1.165, 1.54) is 51.6 Å². The SMILES string of the molecule is CC1CC(N2CCCCC2CCC(=O)O)CN1C1CC1. The zero-order valence-electron chi connectivity index (χ0n) is 12.6. The number of carbonyl (C=O) groups is 1. The summed E-state index contributed by atoms with van der Waals surface area (Å²) in [6.45, 7) is 4.77. The van der Waals surface area contributed by atoms with E-state index in [0.717, 1.165) is 18.5 Å². The molecule has 0 amide bonds. The number of carboxylic acids is 1. The molecule has 0 aromatic heterocycles. The number of hydrogen-bond donors (Lipinski definition) is 1. The first-order valence-corrected chi connectivity index (χ1v) is 8.38. The molecule has 0 aromatic carbocycles. The fourth-order valence-corrected chi connectivity index (χ4v) is 4.29. The first kappa shape index (κ1) is 14.3. The second-order valence-corrected chi connectivity index (χ2v) is 6.99. The van der Waals surface area contributed by atoms with E-state index in [0.29, 0.717) is 18.5 Å².